The topological polar surface area (TPSA) is 404 Å². The number of carbonyl (C=O) groups excluding carboxylic acids is 10. The molecular formula is C86H124N12O22. The van der Waals surface area contributed by atoms with Gasteiger partial charge in [-0.2, -0.15) is 0 Å². The van der Waals surface area contributed by atoms with E-state index in [0.29, 0.717) is 103 Å². The van der Waals surface area contributed by atoms with Crippen LogP contribution in [0.25, 0.3) is 0 Å². The van der Waals surface area contributed by atoms with Crippen molar-refractivity contribution in [1.82, 2.24) is 60.0 Å². The van der Waals surface area contributed by atoms with Crippen LogP contribution in [0.4, 0.5) is 0 Å². The predicted molar refractivity (Wildman–Crippen MR) is 437 cm³/mol. The summed E-state index contributed by atoms with van der Waals surface area (Å²) < 4.78 is 76.2. The number of hydrogen-bond donors (Lipinski definition) is 0. The van der Waals surface area contributed by atoms with Crippen LogP contribution in [0.1, 0.15) is 385 Å². The first-order valence-electron chi connectivity index (χ1n) is 41.2. The molecule has 120 heavy (non-hydrogen) atoms. The molecule has 660 valence electrons. The minimum absolute atomic E-state index is 0.0631. The second-order valence-corrected chi connectivity index (χ2v) is 37.5. The van der Waals surface area contributed by atoms with E-state index in [4.69, 9.17) is 56.8 Å². The summed E-state index contributed by atoms with van der Waals surface area (Å²) in [6.45, 7) is 42.5. The van der Waals surface area contributed by atoms with Gasteiger partial charge >= 0.3 is 47.8 Å². The predicted octanol–water partition coefficient (Wildman–Crippen LogP) is 15.0. The lowest BCUT2D eigenvalue weighted by molar-refractivity contribution is 0.000706. The molecule has 6 aromatic rings. The van der Waals surface area contributed by atoms with E-state index in [1.807, 2.05) is 0 Å². The Morgan fingerprint density at radius 3 is 0.567 bits per heavy atom. The first-order chi connectivity index (χ1) is 55.7. The van der Waals surface area contributed by atoms with Crippen molar-refractivity contribution in [2.24, 2.45) is 0 Å². The fourth-order valence-corrected chi connectivity index (χ4v) is 12.1. The number of aryl methyl sites for hydroxylation is 4. The number of carbonyl (C=O) groups is 10. The number of nitrogens with zero attached hydrogens (tertiary/aromatic N) is 12. The molecule has 0 saturated heterocycles. The number of rotatable bonds is 40. The van der Waals surface area contributed by atoms with Gasteiger partial charge in [-0.1, -0.05) is 46.5 Å². The van der Waals surface area contributed by atoms with E-state index in [9.17, 15) is 38.4 Å². The van der Waals surface area contributed by atoms with Gasteiger partial charge in [-0.3, -0.25) is 9.59 Å². The molecule has 4 aromatic heterocycles. The highest BCUT2D eigenvalue weighted by Crippen LogP contribution is 2.41. The second kappa shape index (κ2) is 40.6. The Morgan fingerprint density at radius 2 is 0.400 bits per heavy atom. The van der Waals surface area contributed by atoms with Crippen LogP contribution in [0.3, 0.4) is 0 Å². The van der Waals surface area contributed by atoms with Gasteiger partial charge in [0, 0.05) is 48.4 Å². The second-order valence-electron chi connectivity index (χ2n) is 37.5. The van der Waals surface area contributed by atoms with E-state index < -0.39 is 104 Å². The number of ketones is 2. The third-order valence-electron chi connectivity index (χ3n) is 16.9. The number of ether oxygens (including phenoxy) is 12. The normalized spacial score (nSPS) is 12.8. The van der Waals surface area contributed by atoms with Gasteiger partial charge in [0.25, 0.3) is 0 Å². The largest absolute Gasteiger partial charge is 0.490 e. The summed E-state index contributed by atoms with van der Waals surface area (Å²) >= 11 is 0. The highest BCUT2D eigenvalue weighted by Gasteiger charge is 2.39. The van der Waals surface area contributed by atoms with Crippen molar-refractivity contribution in [2.75, 3.05) is 26.4 Å². The monoisotopic (exact) mass is 1680 g/mol. The smallest absolute Gasteiger partial charge is 0.362 e. The van der Waals surface area contributed by atoms with Gasteiger partial charge < -0.3 is 56.8 Å². The molecule has 1 aliphatic carbocycles. The van der Waals surface area contributed by atoms with Crippen molar-refractivity contribution in [3.05, 3.63) is 92.1 Å². The highest BCUT2D eigenvalue weighted by atomic mass is 16.6. The molecule has 0 aliphatic heterocycles. The maximum atomic E-state index is 15.1. The maximum absolute atomic E-state index is 15.1. The minimum atomic E-state index is -0.885. The first kappa shape index (κ1) is 96.4. The summed E-state index contributed by atoms with van der Waals surface area (Å²) in [5, 5.41) is 32.8. The zero-order valence-electron chi connectivity index (χ0n) is 74.6. The third kappa shape index (κ3) is 29.9. The molecule has 0 amide bonds. The van der Waals surface area contributed by atoms with Gasteiger partial charge in [0.15, 0.2) is 57.3 Å². The van der Waals surface area contributed by atoms with Gasteiger partial charge in [-0.25, -0.2) is 57.1 Å². The Morgan fingerprint density at radius 1 is 0.242 bits per heavy atom. The lowest BCUT2D eigenvalue weighted by Crippen LogP contribution is -2.29. The molecule has 0 bridgehead atoms. The van der Waals surface area contributed by atoms with Crippen molar-refractivity contribution in [1.29, 1.82) is 0 Å². The van der Waals surface area contributed by atoms with E-state index in [2.05, 4.69) is 41.2 Å². The quantitative estimate of drug-likeness (QED) is 0.0195. The van der Waals surface area contributed by atoms with Gasteiger partial charge in [0.2, 0.25) is 22.8 Å². The SMILES string of the molecule is CC(C)(C)OC(=O)c1nnn(CCCCCCOc2cc3c(cc2OCCCCCCn2nnc(C(=O)OC(C)(C)C)c2C(=O)OC(C)(C)C)C(=O)c2cc(OCCCCCCn4nnc(C(=O)OC(C)(C)C)c4C(=O)OC(C)(C)C)c(OCCCCCCn4nnc(C(=O)OC(C)(C)C)c4C(=O)OC(C)(C)C)cc2C3=O)c1C(=O)OC(C)(C)C. The van der Waals surface area contributed by atoms with E-state index in [-0.39, 0.29) is 143 Å². The Hall–Kier alpha value is -10.7. The van der Waals surface area contributed by atoms with Crippen LogP contribution >= 0.6 is 0 Å². The standard InChI is InChI=1S/C86H124N12O22/c1-79(2,3)113-71(101)61-65(75(105)117-83(13,14)15)95(91-87-61)41-33-25-29-37-45-109-57-49-53-54(50-58(57)110-46-38-30-26-34-42-96-66(76(106)118-84(16,17)18)62(88-92-96)72(102)114-80(4,5)6)70(100)56-52-60(112-48-40-32-28-36-44-98-68(78(108)120-86(22,23)24)64(90-94-98)74(104)116-82(10,11)12)59(51-55(56)69(53)99)111-47-39-31-27-35-43-97-67(77(107)119-85(19,20)21)63(89-93-97)73(103)115-81(7,8)9/h49-52H,25-48H2,1-24H3. The average Bonchev–Trinajstić information content (AvgIpc) is 1.33. The molecule has 0 atom stereocenters. The van der Waals surface area contributed by atoms with Gasteiger partial charge in [-0.15, -0.1) is 20.4 Å². The molecule has 0 unspecified atom stereocenters. The molecule has 0 N–H and O–H groups in total. The molecule has 0 fully saturated rings. The fourth-order valence-electron chi connectivity index (χ4n) is 12.1. The average molecular weight is 1680 g/mol. The van der Waals surface area contributed by atoms with Crippen molar-refractivity contribution < 1.29 is 105 Å². The Labute approximate surface area is 702 Å². The van der Waals surface area contributed by atoms with Crippen molar-refractivity contribution in [3.8, 4) is 23.0 Å². The van der Waals surface area contributed by atoms with E-state index in [1.165, 1.54) is 43.0 Å². The molecule has 0 radical (unpaired) electrons. The molecule has 34 heteroatoms. The number of aromatic nitrogens is 12. The Bertz CT molecular complexity index is 4050. The highest BCUT2D eigenvalue weighted by molar-refractivity contribution is 6.29. The number of unbranched alkanes of at least 4 members (excludes halogenated alkanes) is 12. The summed E-state index contributed by atoms with van der Waals surface area (Å²) in [7, 11) is 0. The zero-order chi connectivity index (χ0) is 89.3. The molecule has 0 spiro atoms. The number of esters is 8. The maximum Gasteiger partial charge on any atom is 0.362 e. The Kier molecular flexibility index (Phi) is 32.6. The van der Waals surface area contributed by atoms with Crippen LogP contribution in [0, 0.1) is 0 Å². The van der Waals surface area contributed by atoms with Crippen LogP contribution < -0.4 is 18.9 Å². The van der Waals surface area contributed by atoms with Gasteiger partial charge in [0.1, 0.15) is 44.8 Å². The molecule has 0 saturated carbocycles. The molecular weight excluding hydrogens is 1550 g/mol. The third-order valence-corrected chi connectivity index (χ3v) is 16.9. The summed E-state index contributed by atoms with van der Waals surface area (Å²) in [5.41, 5.74) is -8.27. The molecule has 34 nitrogen and oxygen atoms in total. The minimum Gasteiger partial charge on any atom is -0.490 e. The summed E-state index contributed by atoms with van der Waals surface area (Å²) in [6, 6.07) is 6.08. The van der Waals surface area contributed by atoms with Crippen LogP contribution in [-0.4, -0.2) is 191 Å². The van der Waals surface area contributed by atoms with E-state index in [0.717, 1.165) is 0 Å². The number of hydrogen-bond acceptors (Lipinski definition) is 30. The van der Waals surface area contributed by atoms with E-state index in [1.54, 1.807) is 166 Å². The van der Waals surface area contributed by atoms with Crippen molar-refractivity contribution >= 4 is 59.3 Å². The molecule has 1 aliphatic rings. The lowest BCUT2D eigenvalue weighted by atomic mass is 9.83. The number of benzene rings is 2. The first-order valence-corrected chi connectivity index (χ1v) is 41.2. The summed E-state index contributed by atoms with van der Waals surface area (Å²) in [4.78, 5) is 137. The number of fused-ring (bicyclic) bond motifs is 2. The summed E-state index contributed by atoms with van der Waals surface area (Å²) in [5.74, 6) is -6.49. The molecule has 4 heterocycles. The van der Waals surface area contributed by atoms with E-state index >= 15 is 9.59 Å². The van der Waals surface area contributed by atoms with Crippen LogP contribution in [0.2, 0.25) is 0 Å². The zero-order valence-corrected chi connectivity index (χ0v) is 74.6. The fraction of sp³-hybridized carbons (Fsp3) is 0.651. The van der Waals surface area contributed by atoms with Crippen LogP contribution in [-0.2, 0) is 64.1 Å². The molecule has 7 rings (SSSR count). The van der Waals surface area contributed by atoms with Crippen molar-refractivity contribution in [3.63, 3.8) is 0 Å². The Balaban J connectivity index is 1.11. The van der Waals surface area contributed by atoms with Crippen LogP contribution in [0.5, 0.6) is 23.0 Å². The summed E-state index contributed by atoms with van der Waals surface area (Å²) in [6.07, 6.45) is 9.16. The lowest BCUT2D eigenvalue weighted by Gasteiger charge is -2.23. The van der Waals surface area contributed by atoms with Gasteiger partial charge in [-0.05, 0) is 267 Å². The molecule has 2 aromatic carbocycles. The van der Waals surface area contributed by atoms with Gasteiger partial charge in [0.05, 0.1) is 26.4 Å². The van der Waals surface area contributed by atoms with Crippen LogP contribution in [0.15, 0.2) is 24.3 Å². The van der Waals surface area contributed by atoms with Crippen molar-refractivity contribution in [2.45, 2.75) is 340 Å².